The molecule has 3 nitrogen and oxygen atoms in total. The van der Waals surface area contributed by atoms with E-state index in [9.17, 15) is 9.59 Å². The standard InChI is InChI=1S/C16H12Cl2O3/c17-12-3-1-11(2-4-12)9-14(19)10-16(20)21-15-7-5-13(18)6-8-15/h1-8H,9-10H2. The molecule has 0 amide bonds. The van der Waals surface area contributed by atoms with E-state index >= 15 is 0 Å². The molecular weight excluding hydrogens is 311 g/mol. The van der Waals surface area contributed by atoms with Crippen LogP contribution in [-0.2, 0) is 16.0 Å². The van der Waals surface area contributed by atoms with Crippen molar-refractivity contribution in [2.75, 3.05) is 0 Å². The van der Waals surface area contributed by atoms with E-state index in [2.05, 4.69) is 0 Å². The third-order valence-corrected chi connectivity index (χ3v) is 3.21. The van der Waals surface area contributed by atoms with Gasteiger partial charge in [-0.15, -0.1) is 0 Å². The number of benzene rings is 2. The van der Waals surface area contributed by atoms with Crippen LogP contribution in [0.5, 0.6) is 5.75 Å². The number of carbonyl (C=O) groups excluding carboxylic acids is 2. The summed E-state index contributed by atoms with van der Waals surface area (Å²) in [5, 5.41) is 1.15. The molecule has 0 spiro atoms. The molecule has 0 aliphatic rings. The number of hydrogen-bond donors (Lipinski definition) is 0. The molecule has 0 atom stereocenters. The second-order valence-electron chi connectivity index (χ2n) is 4.45. The highest BCUT2D eigenvalue weighted by atomic mass is 35.5. The topological polar surface area (TPSA) is 43.4 Å². The van der Waals surface area contributed by atoms with E-state index in [0.29, 0.717) is 15.8 Å². The number of esters is 1. The molecule has 0 saturated carbocycles. The molecule has 108 valence electrons. The summed E-state index contributed by atoms with van der Waals surface area (Å²) in [7, 11) is 0. The summed E-state index contributed by atoms with van der Waals surface area (Å²) in [6, 6.07) is 13.3. The van der Waals surface area contributed by atoms with Gasteiger partial charge in [0.05, 0.1) is 0 Å². The van der Waals surface area contributed by atoms with Gasteiger partial charge in [-0.3, -0.25) is 9.59 Å². The van der Waals surface area contributed by atoms with Crippen molar-refractivity contribution < 1.29 is 14.3 Å². The van der Waals surface area contributed by atoms with Gasteiger partial charge in [-0.05, 0) is 42.0 Å². The Labute approximate surface area is 132 Å². The lowest BCUT2D eigenvalue weighted by atomic mass is 10.1. The minimum absolute atomic E-state index is 0.173. The van der Waals surface area contributed by atoms with Gasteiger partial charge in [0, 0.05) is 16.5 Å². The minimum atomic E-state index is -0.587. The Bertz CT molecular complexity index is 576. The van der Waals surface area contributed by atoms with Crippen molar-refractivity contribution >= 4 is 35.0 Å². The first-order valence-corrected chi connectivity index (χ1v) is 7.01. The molecule has 5 heteroatoms. The first-order valence-electron chi connectivity index (χ1n) is 6.25. The van der Waals surface area contributed by atoms with Crippen molar-refractivity contribution in [2.24, 2.45) is 0 Å². The van der Waals surface area contributed by atoms with Crippen molar-refractivity contribution in [1.29, 1.82) is 0 Å². The van der Waals surface area contributed by atoms with E-state index in [4.69, 9.17) is 27.9 Å². The second kappa shape index (κ2) is 7.25. The van der Waals surface area contributed by atoms with E-state index in [0.717, 1.165) is 5.56 Å². The number of halogens is 2. The van der Waals surface area contributed by atoms with Crippen LogP contribution in [0.25, 0.3) is 0 Å². The summed E-state index contributed by atoms with van der Waals surface area (Å²) in [6.07, 6.45) is -0.0991. The van der Waals surface area contributed by atoms with Gasteiger partial charge in [-0.1, -0.05) is 35.3 Å². The number of rotatable bonds is 5. The van der Waals surface area contributed by atoms with Crippen LogP contribution in [0.15, 0.2) is 48.5 Å². The Balaban J connectivity index is 1.85. The highest BCUT2D eigenvalue weighted by Gasteiger charge is 2.12. The third kappa shape index (κ3) is 5.21. The zero-order valence-corrected chi connectivity index (χ0v) is 12.5. The molecule has 0 saturated heterocycles. The SMILES string of the molecule is O=C(CC(=O)Oc1ccc(Cl)cc1)Cc1ccc(Cl)cc1. The Hall–Kier alpha value is -1.84. The smallest absolute Gasteiger partial charge is 0.318 e. The lowest BCUT2D eigenvalue weighted by molar-refractivity contribution is -0.137. The summed E-state index contributed by atoms with van der Waals surface area (Å²) in [5.74, 6) is -0.434. The molecule has 21 heavy (non-hydrogen) atoms. The Morgan fingerprint density at radius 2 is 1.38 bits per heavy atom. The zero-order valence-electron chi connectivity index (χ0n) is 11.0. The molecule has 2 aromatic rings. The highest BCUT2D eigenvalue weighted by molar-refractivity contribution is 6.30. The van der Waals surface area contributed by atoms with Gasteiger partial charge >= 0.3 is 5.97 Å². The third-order valence-electron chi connectivity index (χ3n) is 2.70. The molecule has 0 bridgehead atoms. The molecular formula is C16H12Cl2O3. The number of ether oxygens (including phenoxy) is 1. The van der Waals surface area contributed by atoms with Gasteiger partial charge < -0.3 is 4.74 Å². The van der Waals surface area contributed by atoms with Gasteiger partial charge in [0.2, 0.25) is 0 Å². The van der Waals surface area contributed by atoms with Crippen molar-refractivity contribution in [3.63, 3.8) is 0 Å². The summed E-state index contributed by atoms with van der Waals surface area (Å²) >= 11 is 11.5. The van der Waals surface area contributed by atoms with E-state index in [-0.39, 0.29) is 18.6 Å². The second-order valence-corrected chi connectivity index (χ2v) is 5.32. The molecule has 2 rings (SSSR count). The van der Waals surface area contributed by atoms with Crippen LogP contribution in [0.2, 0.25) is 10.0 Å². The number of carbonyl (C=O) groups is 2. The maximum Gasteiger partial charge on any atom is 0.318 e. The highest BCUT2D eigenvalue weighted by Crippen LogP contribution is 2.16. The molecule has 0 radical (unpaired) electrons. The lowest BCUT2D eigenvalue weighted by Gasteiger charge is -2.04. The van der Waals surface area contributed by atoms with Crippen LogP contribution in [0.3, 0.4) is 0 Å². The number of ketones is 1. The monoisotopic (exact) mass is 322 g/mol. The fraction of sp³-hybridized carbons (Fsp3) is 0.125. The van der Waals surface area contributed by atoms with E-state index in [1.807, 2.05) is 0 Å². The molecule has 0 aliphatic heterocycles. The minimum Gasteiger partial charge on any atom is -0.426 e. The predicted octanol–water partition coefficient (Wildman–Crippen LogP) is 4.10. The van der Waals surface area contributed by atoms with Gasteiger partial charge in [0.25, 0.3) is 0 Å². The van der Waals surface area contributed by atoms with Crippen LogP contribution in [0.4, 0.5) is 0 Å². The first kappa shape index (κ1) is 15.5. The molecule has 2 aromatic carbocycles. The maximum atomic E-state index is 11.8. The average Bonchev–Trinajstić information content (AvgIpc) is 2.44. The number of Topliss-reactive ketones (excluding diaryl/α,β-unsaturated/α-hetero) is 1. The van der Waals surface area contributed by atoms with Gasteiger partial charge in [0.15, 0.2) is 0 Å². The molecule has 0 aromatic heterocycles. The molecule has 0 unspecified atom stereocenters. The molecule has 0 heterocycles. The first-order chi connectivity index (χ1) is 10.0. The fourth-order valence-corrected chi connectivity index (χ4v) is 1.98. The van der Waals surface area contributed by atoms with E-state index < -0.39 is 5.97 Å². The van der Waals surface area contributed by atoms with E-state index in [1.165, 1.54) is 0 Å². The lowest BCUT2D eigenvalue weighted by Crippen LogP contribution is -2.15. The summed E-state index contributed by atoms with van der Waals surface area (Å²) in [6.45, 7) is 0. The normalized spacial score (nSPS) is 10.2. The van der Waals surface area contributed by atoms with Crippen LogP contribution in [-0.4, -0.2) is 11.8 Å². The van der Waals surface area contributed by atoms with Gasteiger partial charge in [0.1, 0.15) is 18.0 Å². The van der Waals surface area contributed by atoms with Crippen molar-refractivity contribution in [3.8, 4) is 5.75 Å². The summed E-state index contributed by atoms with van der Waals surface area (Å²) < 4.78 is 5.06. The van der Waals surface area contributed by atoms with Crippen molar-refractivity contribution in [1.82, 2.24) is 0 Å². The Kier molecular flexibility index (Phi) is 5.37. The average molecular weight is 323 g/mol. The van der Waals surface area contributed by atoms with Crippen molar-refractivity contribution in [2.45, 2.75) is 12.8 Å². The fourth-order valence-electron chi connectivity index (χ4n) is 1.72. The van der Waals surface area contributed by atoms with Crippen LogP contribution >= 0.6 is 23.2 Å². The van der Waals surface area contributed by atoms with Crippen LogP contribution in [0.1, 0.15) is 12.0 Å². The van der Waals surface area contributed by atoms with Crippen LogP contribution in [0, 0.1) is 0 Å². The van der Waals surface area contributed by atoms with Crippen molar-refractivity contribution in [3.05, 3.63) is 64.1 Å². The summed E-state index contributed by atoms with van der Waals surface area (Å²) in [5.41, 5.74) is 0.809. The maximum absolute atomic E-state index is 11.8. The van der Waals surface area contributed by atoms with Crippen LogP contribution < -0.4 is 4.74 Å². The summed E-state index contributed by atoms with van der Waals surface area (Å²) in [4.78, 5) is 23.5. The van der Waals surface area contributed by atoms with Gasteiger partial charge in [-0.2, -0.15) is 0 Å². The molecule has 0 fully saturated rings. The quantitative estimate of drug-likeness (QED) is 0.473. The van der Waals surface area contributed by atoms with Gasteiger partial charge in [-0.25, -0.2) is 0 Å². The number of hydrogen-bond acceptors (Lipinski definition) is 3. The predicted molar refractivity (Wildman–Crippen MR) is 81.9 cm³/mol. The van der Waals surface area contributed by atoms with E-state index in [1.54, 1.807) is 48.5 Å². The molecule has 0 aliphatic carbocycles. The Morgan fingerprint density at radius 3 is 1.95 bits per heavy atom. The Morgan fingerprint density at radius 1 is 0.857 bits per heavy atom. The largest absolute Gasteiger partial charge is 0.426 e. The zero-order chi connectivity index (χ0) is 15.2. The molecule has 0 N–H and O–H groups in total.